The number of hydrogen-bond acceptors (Lipinski definition) is 6. The lowest BCUT2D eigenvalue weighted by Gasteiger charge is -2.39. The minimum atomic E-state index is 0.0507. The fourth-order valence-corrected chi connectivity index (χ4v) is 3.73. The lowest BCUT2D eigenvalue weighted by molar-refractivity contribution is 0.344. The van der Waals surface area contributed by atoms with Crippen molar-refractivity contribution in [3.63, 3.8) is 0 Å². The van der Waals surface area contributed by atoms with Crippen LogP contribution in [-0.2, 0) is 11.8 Å². The molecule has 0 spiro atoms. The maximum Gasteiger partial charge on any atom is 0.222 e. The van der Waals surface area contributed by atoms with E-state index in [2.05, 4.69) is 28.7 Å². The molecule has 4 rings (SSSR count). The molecule has 0 unspecified atom stereocenters. The largest absolute Gasteiger partial charge is 0.455 e. The number of nitrogens with two attached hydrogens (primary N) is 2. The van der Waals surface area contributed by atoms with E-state index >= 15 is 0 Å². The van der Waals surface area contributed by atoms with Gasteiger partial charge in [-0.1, -0.05) is 13.8 Å². The van der Waals surface area contributed by atoms with Crippen molar-refractivity contribution < 1.29 is 4.42 Å². The van der Waals surface area contributed by atoms with Gasteiger partial charge in [0, 0.05) is 30.0 Å². The maximum absolute atomic E-state index is 6.26. The molecule has 0 radical (unpaired) electrons. The molecule has 1 aliphatic carbocycles. The Labute approximate surface area is 129 Å². The van der Waals surface area contributed by atoms with Crippen molar-refractivity contribution in [2.45, 2.75) is 38.5 Å². The number of nitrogen functional groups attached to an aromatic ring is 1. The minimum Gasteiger partial charge on any atom is -0.455 e. The van der Waals surface area contributed by atoms with Crippen LogP contribution in [0.25, 0.3) is 11.1 Å². The van der Waals surface area contributed by atoms with E-state index in [9.17, 15) is 0 Å². The number of anilines is 2. The molecule has 0 saturated carbocycles. The molecule has 0 atom stereocenters. The van der Waals surface area contributed by atoms with Gasteiger partial charge in [-0.3, -0.25) is 0 Å². The normalized spacial score (nSPS) is 21.0. The van der Waals surface area contributed by atoms with E-state index in [4.69, 9.17) is 15.9 Å². The summed E-state index contributed by atoms with van der Waals surface area (Å²) in [7, 11) is 0. The van der Waals surface area contributed by atoms with Gasteiger partial charge >= 0.3 is 0 Å². The van der Waals surface area contributed by atoms with E-state index in [0.717, 1.165) is 55.0 Å². The van der Waals surface area contributed by atoms with E-state index < -0.39 is 0 Å². The molecular weight excluding hydrogens is 278 g/mol. The van der Waals surface area contributed by atoms with Crippen LogP contribution in [0.15, 0.2) is 4.42 Å². The molecule has 118 valence electrons. The van der Waals surface area contributed by atoms with Gasteiger partial charge in [-0.2, -0.15) is 4.98 Å². The van der Waals surface area contributed by atoms with E-state index in [1.807, 2.05) is 0 Å². The lowest BCUT2D eigenvalue weighted by atomic mass is 9.77. The van der Waals surface area contributed by atoms with Crippen molar-refractivity contribution in [3.05, 3.63) is 11.3 Å². The number of furan rings is 1. The van der Waals surface area contributed by atoms with E-state index in [1.54, 1.807) is 0 Å². The van der Waals surface area contributed by atoms with E-state index in [-0.39, 0.29) is 5.41 Å². The standard InChI is InChI=1S/C16H23N5O/c1-16(2)5-3-4-10-11-12(22-13(10)16)14(20-15(18)19-11)21-7-9(6-17)8-21/h9H,3-8,17H2,1-2H3,(H2,18,19,20). The fourth-order valence-electron chi connectivity index (χ4n) is 3.73. The Morgan fingerprint density at radius 3 is 2.82 bits per heavy atom. The van der Waals surface area contributed by atoms with Crippen molar-refractivity contribution in [1.82, 2.24) is 9.97 Å². The molecule has 1 fully saturated rings. The van der Waals surface area contributed by atoms with E-state index in [0.29, 0.717) is 18.4 Å². The zero-order valence-corrected chi connectivity index (χ0v) is 13.2. The Kier molecular flexibility index (Phi) is 2.88. The summed E-state index contributed by atoms with van der Waals surface area (Å²) in [6.45, 7) is 7.01. The number of aryl methyl sites for hydroxylation is 1. The Bertz CT molecular complexity index is 730. The van der Waals surface area contributed by atoms with Gasteiger partial charge in [0.05, 0.1) is 0 Å². The van der Waals surface area contributed by atoms with Gasteiger partial charge in [-0.05, 0) is 25.8 Å². The monoisotopic (exact) mass is 301 g/mol. The third kappa shape index (κ3) is 1.90. The number of hydrogen-bond donors (Lipinski definition) is 2. The predicted molar refractivity (Wildman–Crippen MR) is 86.9 cm³/mol. The molecule has 1 saturated heterocycles. The molecule has 1 aliphatic heterocycles. The first-order chi connectivity index (χ1) is 10.5. The first-order valence-electron chi connectivity index (χ1n) is 8.04. The van der Waals surface area contributed by atoms with Crippen LogP contribution in [0, 0.1) is 5.92 Å². The van der Waals surface area contributed by atoms with Crippen LogP contribution in [0.2, 0.25) is 0 Å². The Morgan fingerprint density at radius 1 is 1.32 bits per heavy atom. The summed E-state index contributed by atoms with van der Waals surface area (Å²) in [5, 5.41) is 0. The molecular formula is C16H23N5O. The second kappa shape index (κ2) is 4.59. The van der Waals surface area contributed by atoms with Gasteiger partial charge in [0.25, 0.3) is 0 Å². The van der Waals surface area contributed by atoms with Crippen LogP contribution in [0.5, 0.6) is 0 Å². The van der Waals surface area contributed by atoms with E-state index in [1.165, 1.54) is 5.56 Å². The van der Waals surface area contributed by atoms with Crippen LogP contribution in [0.3, 0.4) is 0 Å². The fraction of sp³-hybridized carbons (Fsp3) is 0.625. The summed E-state index contributed by atoms with van der Waals surface area (Å²) in [4.78, 5) is 11.1. The summed E-state index contributed by atoms with van der Waals surface area (Å²) in [5.74, 6) is 2.75. The first kappa shape index (κ1) is 13.8. The van der Waals surface area contributed by atoms with Gasteiger partial charge in [0.1, 0.15) is 11.3 Å². The molecule has 0 amide bonds. The molecule has 3 heterocycles. The van der Waals surface area contributed by atoms with Crippen LogP contribution in [0.4, 0.5) is 11.8 Å². The summed E-state index contributed by atoms with van der Waals surface area (Å²) >= 11 is 0. The zero-order valence-electron chi connectivity index (χ0n) is 13.2. The molecule has 22 heavy (non-hydrogen) atoms. The SMILES string of the molecule is CC1(C)CCCc2c1oc1c(N3CC(CN)C3)nc(N)nc21. The number of rotatable bonds is 2. The topological polar surface area (TPSA) is 94.2 Å². The predicted octanol–water partition coefficient (Wildman–Crippen LogP) is 1.81. The average Bonchev–Trinajstić information content (AvgIpc) is 2.78. The number of nitrogens with zero attached hydrogens (tertiary/aromatic N) is 3. The third-order valence-corrected chi connectivity index (χ3v) is 5.06. The highest BCUT2D eigenvalue weighted by Crippen LogP contribution is 2.44. The minimum absolute atomic E-state index is 0.0507. The maximum atomic E-state index is 6.26. The van der Waals surface area contributed by atoms with Crippen LogP contribution in [0.1, 0.15) is 38.0 Å². The Hall–Kier alpha value is -1.82. The average molecular weight is 301 g/mol. The molecule has 6 heteroatoms. The second-order valence-electron chi connectivity index (χ2n) is 7.24. The van der Waals surface area contributed by atoms with Crippen molar-refractivity contribution in [2.75, 3.05) is 30.3 Å². The molecule has 2 aliphatic rings. The molecule has 4 N–H and O–H groups in total. The van der Waals surface area contributed by atoms with Gasteiger partial charge in [0.15, 0.2) is 11.4 Å². The van der Waals surface area contributed by atoms with Crippen molar-refractivity contribution in [3.8, 4) is 0 Å². The van der Waals surface area contributed by atoms with Crippen LogP contribution < -0.4 is 16.4 Å². The summed E-state index contributed by atoms with van der Waals surface area (Å²) in [5.41, 5.74) is 14.6. The number of aromatic nitrogens is 2. The zero-order chi connectivity index (χ0) is 15.5. The van der Waals surface area contributed by atoms with Gasteiger partial charge < -0.3 is 20.8 Å². The van der Waals surface area contributed by atoms with Gasteiger partial charge in [-0.15, -0.1) is 0 Å². The highest BCUT2D eigenvalue weighted by Gasteiger charge is 2.36. The smallest absolute Gasteiger partial charge is 0.222 e. The highest BCUT2D eigenvalue weighted by molar-refractivity contribution is 5.89. The van der Waals surface area contributed by atoms with Crippen LogP contribution in [-0.4, -0.2) is 29.6 Å². The van der Waals surface area contributed by atoms with Crippen molar-refractivity contribution >= 4 is 22.9 Å². The highest BCUT2D eigenvalue weighted by atomic mass is 16.3. The molecule has 6 nitrogen and oxygen atoms in total. The summed E-state index contributed by atoms with van der Waals surface area (Å²) < 4.78 is 6.26. The molecule has 0 aromatic carbocycles. The summed E-state index contributed by atoms with van der Waals surface area (Å²) in [6, 6.07) is 0. The van der Waals surface area contributed by atoms with Crippen LogP contribution >= 0.6 is 0 Å². The van der Waals surface area contributed by atoms with Crippen molar-refractivity contribution in [1.29, 1.82) is 0 Å². The second-order valence-corrected chi connectivity index (χ2v) is 7.24. The molecule has 2 aromatic heterocycles. The molecule has 2 aromatic rings. The third-order valence-electron chi connectivity index (χ3n) is 5.06. The molecule has 0 bridgehead atoms. The first-order valence-corrected chi connectivity index (χ1v) is 8.04. The Balaban J connectivity index is 1.87. The number of fused-ring (bicyclic) bond motifs is 3. The van der Waals surface area contributed by atoms with Crippen molar-refractivity contribution in [2.24, 2.45) is 11.7 Å². The summed E-state index contributed by atoms with van der Waals surface area (Å²) in [6.07, 6.45) is 3.30. The lowest BCUT2D eigenvalue weighted by Crippen LogP contribution is -2.50. The van der Waals surface area contributed by atoms with Gasteiger partial charge in [-0.25, -0.2) is 4.98 Å². The Morgan fingerprint density at radius 2 is 2.09 bits per heavy atom. The quantitative estimate of drug-likeness (QED) is 0.878. The van der Waals surface area contributed by atoms with Gasteiger partial charge in [0.2, 0.25) is 5.95 Å².